The van der Waals surface area contributed by atoms with Crippen LogP contribution in [0.2, 0.25) is 0 Å². The molecule has 118 valence electrons. The highest BCUT2D eigenvalue weighted by atomic mass is 33.1. The zero-order valence-corrected chi connectivity index (χ0v) is 14.1. The fraction of sp³-hybridized carbons (Fsp3) is 0. The fourth-order valence-corrected chi connectivity index (χ4v) is 4.94. The zero-order valence-electron chi connectivity index (χ0n) is 12.5. The molecule has 2 aromatic heterocycles. The lowest BCUT2D eigenvalue weighted by molar-refractivity contribution is -0.577. The molecular weight excluding hydrogens is 340 g/mol. The molecule has 0 radical (unpaired) electrons. The molecule has 0 bridgehead atoms. The normalized spacial score (nSPS) is 11.2. The van der Waals surface area contributed by atoms with Crippen LogP contribution in [-0.4, -0.2) is 0 Å². The molecule has 6 heteroatoms. The first-order chi connectivity index (χ1) is 11.7. The van der Waals surface area contributed by atoms with Crippen molar-refractivity contribution in [2.24, 2.45) is 0 Å². The molecule has 4 aromatic rings. The van der Waals surface area contributed by atoms with Gasteiger partial charge in [0.1, 0.15) is 0 Å². The maximum Gasteiger partial charge on any atom is 0.224 e. The number of benzene rings is 2. The molecule has 0 amide bonds. The molecular formula is C18H12N2O2S2. The van der Waals surface area contributed by atoms with Crippen molar-refractivity contribution in [2.45, 2.75) is 9.79 Å². The molecule has 0 aliphatic heterocycles. The van der Waals surface area contributed by atoms with Crippen molar-refractivity contribution in [1.82, 2.24) is 0 Å². The lowest BCUT2D eigenvalue weighted by atomic mass is 10.2. The third-order valence-corrected chi connectivity index (χ3v) is 6.24. The van der Waals surface area contributed by atoms with Crippen molar-refractivity contribution < 1.29 is 9.46 Å². The first-order valence-corrected chi connectivity index (χ1v) is 9.45. The van der Waals surface area contributed by atoms with E-state index in [1.165, 1.54) is 12.4 Å². The molecule has 0 saturated heterocycles. The van der Waals surface area contributed by atoms with Gasteiger partial charge >= 0.3 is 0 Å². The lowest BCUT2D eigenvalue weighted by Gasteiger charge is -2.08. The summed E-state index contributed by atoms with van der Waals surface area (Å²) in [6.07, 6.45) is 3.06. The first-order valence-electron chi connectivity index (χ1n) is 7.30. The number of rotatable bonds is 3. The van der Waals surface area contributed by atoms with Crippen LogP contribution >= 0.6 is 21.6 Å². The van der Waals surface area contributed by atoms with Gasteiger partial charge < -0.3 is 10.4 Å². The van der Waals surface area contributed by atoms with Crippen molar-refractivity contribution >= 4 is 43.4 Å². The van der Waals surface area contributed by atoms with E-state index in [2.05, 4.69) is 0 Å². The molecule has 0 N–H and O–H groups in total. The van der Waals surface area contributed by atoms with E-state index in [1.54, 1.807) is 21.6 Å². The molecule has 24 heavy (non-hydrogen) atoms. The van der Waals surface area contributed by atoms with Crippen LogP contribution in [0.1, 0.15) is 0 Å². The zero-order chi connectivity index (χ0) is 16.5. The standard InChI is InChI=1S/C18H12N2O2S2/c21-19-11-9-17(13-5-1-3-7-15(13)19)23-24-18-10-12-20(22)16-8-4-2-6-14(16)18/h1-12H. The average Bonchev–Trinajstić information content (AvgIpc) is 2.63. The van der Waals surface area contributed by atoms with Gasteiger partial charge in [0.15, 0.2) is 12.4 Å². The van der Waals surface area contributed by atoms with Gasteiger partial charge in [0, 0.05) is 34.1 Å². The Morgan fingerprint density at radius 2 is 1.00 bits per heavy atom. The third kappa shape index (κ3) is 2.64. The second-order valence-electron chi connectivity index (χ2n) is 5.21. The van der Waals surface area contributed by atoms with Crippen molar-refractivity contribution in [3.8, 4) is 0 Å². The van der Waals surface area contributed by atoms with Gasteiger partial charge in [-0.15, -0.1) is 0 Å². The maximum atomic E-state index is 11.9. The van der Waals surface area contributed by atoms with E-state index in [0.717, 1.165) is 30.0 Å². The fourth-order valence-electron chi connectivity index (χ4n) is 2.59. The number of para-hydroxylation sites is 2. The highest BCUT2D eigenvalue weighted by Crippen LogP contribution is 2.41. The van der Waals surface area contributed by atoms with E-state index < -0.39 is 0 Å². The topological polar surface area (TPSA) is 53.9 Å². The van der Waals surface area contributed by atoms with Crippen LogP contribution in [0.25, 0.3) is 21.8 Å². The van der Waals surface area contributed by atoms with Crippen LogP contribution in [-0.2, 0) is 0 Å². The SMILES string of the molecule is [O-][n+]1ccc(SSc2cc[n+]([O-])c3ccccc23)c2ccccc21. The number of aromatic nitrogens is 2. The summed E-state index contributed by atoms with van der Waals surface area (Å²) in [6, 6.07) is 18.7. The van der Waals surface area contributed by atoms with E-state index in [1.807, 2.05) is 60.7 Å². The number of fused-ring (bicyclic) bond motifs is 2. The summed E-state index contributed by atoms with van der Waals surface area (Å²) in [5, 5.41) is 25.6. The van der Waals surface area contributed by atoms with E-state index in [-0.39, 0.29) is 0 Å². The smallest absolute Gasteiger partial charge is 0.224 e. The maximum absolute atomic E-state index is 11.9. The summed E-state index contributed by atoms with van der Waals surface area (Å²) in [5.41, 5.74) is 1.30. The largest absolute Gasteiger partial charge is 0.618 e. The molecule has 2 aromatic carbocycles. The highest BCUT2D eigenvalue weighted by Gasteiger charge is 2.12. The summed E-state index contributed by atoms with van der Waals surface area (Å²) in [6.45, 7) is 0. The monoisotopic (exact) mass is 352 g/mol. The van der Waals surface area contributed by atoms with Gasteiger partial charge in [-0.3, -0.25) is 0 Å². The van der Waals surface area contributed by atoms with Crippen LogP contribution in [0.4, 0.5) is 0 Å². The second kappa shape index (κ2) is 6.22. The van der Waals surface area contributed by atoms with Gasteiger partial charge in [0.2, 0.25) is 11.0 Å². The van der Waals surface area contributed by atoms with E-state index in [4.69, 9.17) is 0 Å². The summed E-state index contributed by atoms with van der Waals surface area (Å²) < 4.78 is 1.75. The Morgan fingerprint density at radius 1 is 0.583 bits per heavy atom. The Balaban J connectivity index is 1.72. The molecule has 0 atom stereocenters. The first kappa shape index (κ1) is 15.1. The Kier molecular flexibility index (Phi) is 3.92. The summed E-state index contributed by atoms with van der Waals surface area (Å²) in [4.78, 5) is 2.04. The number of nitrogens with zero attached hydrogens (tertiary/aromatic N) is 2. The van der Waals surface area contributed by atoms with Gasteiger partial charge in [0.05, 0.1) is 10.8 Å². The predicted octanol–water partition coefficient (Wildman–Crippen LogP) is 4.06. The van der Waals surface area contributed by atoms with Gasteiger partial charge in [-0.2, -0.15) is 9.46 Å². The molecule has 0 aliphatic carbocycles. The molecule has 0 fully saturated rings. The summed E-state index contributed by atoms with van der Waals surface area (Å²) in [5.74, 6) is 0. The van der Waals surface area contributed by atoms with Crippen molar-refractivity contribution in [1.29, 1.82) is 0 Å². The van der Waals surface area contributed by atoms with E-state index >= 15 is 0 Å². The average molecular weight is 352 g/mol. The van der Waals surface area contributed by atoms with Crippen LogP contribution in [0.3, 0.4) is 0 Å². The quantitative estimate of drug-likeness (QED) is 0.317. The Hall–Kier alpha value is -2.44. The Labute approximate surface area is 146 Å². The van der Waals surface area contributed by atoms with Gasteiger partial charge in [-0.05, 0) is 12.1 Å². The van der Waals surface area contributed by atoms with Crippen LogP contribution in [0, 0.1) is 10.4 Å². The molecule has 4 rings (SSSR count). The van der Waals surface area contributed by atoms with Crippen molar-refractivity contribution in [2.75, 3.05) is 0 Å². The van der Waals surface area contributed by atoms with Crippen molar-refractivity contribution in [3.63, 3.8) is 0 Å². The van der Waals surface area contributed by atoms with Crippen LogP contribution in [0.5, 0.6) is 0 Å². The molecule has 4 nitrogen and oxygen atoms in total. The minimum atomic E-state index is 0.651. The predicted molar refractivity (Wildman–Crippen MR) is 97.5 cm³/mol. The number of pyridine rings is 2. The molecule has 0 saturated carbocycles. The molecule has 0 unspecified atom stereocenters. The van der Waals surface area contributed by atoms with Crippen molar-refractivity contribution in [3.05, 3.63) is 83.5 Å². The Bertz CT molecular complexity index is 968. The molecule has 2 heterocycles. The van der Waals surface area contributed by atoms with Gasteiger partial charge in [0.25, 0.3) is 0 Å². The van der Waals surface area contributed by atoms with Gasteiger partial charge in [-0.25, -0.2) is 0 Å². The van der Waals surface area contributed by atoms with E-state index in [9.17, 15) is 10.4 Å². The number of hydrogen-bond donors (Lipinski definition) is 0. The second-order valence-corrected chi connectivity index (χ2v) is 7.43. The lowest BCUT2D eigenvalue weighted by Crippen LogP contribution is -2.26. The molecule has 0 aliphatic rings. The summed E-state index contributed by atoms with van der Waals surface area (Å²) in [7, 11) is 3.17. The third-order valence-electron chi connectivity index (χ3n) is 3.76. The summed E-state index contributed by atoms with van der Waals surface area (Å²) >= 11 is 0. The number of hydrogen-bond acceptors (Lipinski definition) is 4. The Morgan fingerprint density at radius 3 is 1.46 bits per heavy atom. The van der Waals surface area contributed by atoms with Crippen LogP contribution in [0.15, 0.2) is 82.8 Å². The van der Waals surface area contributed by atoms with Crippen LogP contribution < -0.4 is 9.46 Å². The minimum absolute atomic E-state index is 0.651. The highest BCUT2D eigenvalue weighted by molar-refractivity contribution is 8.76. The van der Waals surface area contributed by atoms with E-state index in [0.29, 0.717) is 11.0 Å². The minimum Gasteiger partial charge on any atom is -0.618 e. The molecule has 0 spiro atoms. The van der Waals surface area contributed by atoms with Gasteiger partial charge in [-0.1, -0.05) is 45.9 Å².